The summed E-state index contributed by atoms with van der Waals surface area (Å²) < 4.78 is 0. The first-order valence-corrected chi connectivity index (χ1v) is 6.22. The van der Waals surface area contributed by atoms with Gasteiger partial charge in [-0.15, -0.1) is 0 Å². The summed E-state index contributed by atoms with van der Waals surface area (Å²) >= 11 is 0. The number of aromatic nitrogens is 1. The lowest BCUT2D eigenvalue weighted by molar-refractivity contribution is 0.108. The maximum atomic E-state index is 11.1. The maximum Gasteiger partial charge on any atom is 0.407 e. The van der Waals surface area contributed by atoms with Gasteiger partial charge in [-0.2, -0.15) is 5.26 Å². The third-order valence-electron chi connectivity index (χ3n) is 3.37. The number of hydrogen-bond donors (Lipinski definition) is 2. The molecule has 0 aliphatic carbocycles. The molecule has 1 saturated heterocycles. The molecule has 1 aromatic heterocycles. The number of likely N-dealkylation sites (tertiary alicyclic amines) is 1. The van der Waals surface area contributed by atoms with Crippen molar-refractivity contribution < 1.29 is 9.90 Å². The Hall–Kier alpha value is -2.29. The van der Waals surface area contributed by atoms with Gasteiger partial charge < -0.3 is 15.3 Å². The number of nitrogens with one attached hydrogen (secondary N) is 1. The van der Waals surface area contributed by atoms with E-state index in [-0.39, 0.29) is 12.1 Å². The standard InChI is InChI=1S/C13H16N4O2/c1-9-2-3-11(8-17(9)13(18)19)16-12-6-10(7-14)4-5-15-12/h4-6,9,11H,2-3,8H2,1H3,(H,15,16)(H,18,19). The highest BCUT2D eigenvalue weighted by Crippen LogP contribution is 2.20. The minimum absolute atomic E-state index is 0.0359. The zero-order valence-electron chi connectivity index (χ0n) is 10.7. The normalized spacial score (nSPS) is 22.6. The third-order valence-corrected chi connectivity index (χ3v) is 3.37. The van der Waals surface area contributed by atoms with Gasteiger partial charge in [0.1, 0.15) is 5.82 Å². The fraction of sp³-hybridized carbons (Fsp3) is 0.462. The van der Waals surface area contributed by atoms with Gasteiger partial charge in [-0.05, 0) is 31.9 Å². The van der Waals surface area contributed by atoms with Gasteiger partial charge in [0, 0.05) is 24.8 Å². The van der Waals surface area contributed by atoms with E-state index < -0.39 is 6.09 Å². The van der Waals surface area contributed by atoms with E-state index in [1.807, 2.05) is 6.92 Å². The van der Waals surface area contributed by atoms with Gasteiger partial charge in [-0.25, -0.2) is 9.78 Å². The Morgan fingerprint density at radius 2 is 2.42 bits per heavy atom. The molecule has 6 heteroatoms. The van der Waals surface area contributed by atoms with Crippen LogP contribution >= 0.6 is 0 Å². The molecule has 2 heterocycles. The van der Waals surface area contributed by atoms with E-state index in [2.05, 4.69) is 16.4 Å². The Morgan fingerprint density at radius 1 is 1.63 bits per heavy atom. The lowest BCUT2D eigenvalue weighted by atomic mass is 10.00. The number of amides is 1. The molecule has 1 aliphatic heterocycles. The largest absolute Gasteiger partial charge is 0.465 e. The molecule has 0 radical (unpaired) electrons. The van der Waals surface area contributed by atoms with Crippen LogP contribution in [-0.2, 0) is 0 Å². The summed E-state index contributed by atoms with van der Waals surface area (Å²) in [4.78, 5) is 16.7. The average Bonchev–Trinajstić information content (AvgIpc) is 2.41. The minimum atomic E-state index is -0.891. The number of hydrogen-bond acceptors (Lipinski definition) is 4. The van der Waals surface area contributed by atoms with Crippen LogP contribution in [0.25, 0.3) is 0 Å². The van der Waals surface area contributed by atoms with Crippen LogP contribution in [-0.4, -0.2) is 39.7 Å². The third kappa shape index (κ3) is 3.13. The van der Waals surface area contributed by atoms with Crippen molar-refractivity contribution in [3.63, 3.8) is 0 Å². The topological polar surface area (TPSA) is 89.3 Å². The summed E-state index contributed by atoms with van der Waals surface area (Å²) in [5.74, 6) is 0.615. The smallest absolute Gasteiger partial charge is 0.407 e. The highest BCUT2D eigenvalue weighted by Gasteiger charge is 2.28. The Kier molecular flexibility index (Phi) is 3.85. The molecule has 100 valence electrons. The van der Waals surface area contributed by atoms with Gasteiger partial charge in [-0.1, -0.05) is 0 Å². The molecule has 2 unspecified atom stereocenters. The van der Waals surface area contributed by atoms with Crippen molar-refractivity contribution in [2.24, 2.45) is 0 Å². The Labute approximate surface area is 111 Å². The van der Waals surface area contributed by atoms with E-state index in [1.54, 1.807) is 18.3 Å². The van der Waals surface area contributed by atoms with Gasteiger partial charge in [0.05, 0.1) is 11.6 Å². The van der Waals surface area contributed by atoms with Gasteiger partial charge in [0.25, 0.3) is 0 Å². The lowest BCUT2D eigenvalue weighted by Crippen LogP contribution is -2.49. The molecule has 2 rings (SSSR count). The van der Waals surface area contributed by atoms with Gasteiger partial charge >= 0.3 is 6.09 Å². The molecule has 0 saturated carbocycles. The van der Waals surface area contributed by atoms with E-state index >= 15 is 0 Å². The fourth-order valence-electron chi connectivity index (χ4n) is 2.28. The highest BCUT2D eigenvalue weighted by atomic mass is 16.4. The SMILES string of the molecule is CC1CCC(Nc2cc(C#N)ccn2)CN1C(=O)O. The number of rotatable bonds is 2. The zero-order chi connectivity index (χ0) is 13.8. The number of pyridine rings is 1. The predicted octanol–water partition coefficient (Wildman–Crippen LogP) is 1.90. The number of carboxylic acid groups (broad SMARTS) is 1. The van der Waals surface area contributed by atoms with Gasteiger partial charge in [0.15, 0.2) is 0 Å². The zero-order valence-corrected chi connectivity index (χ0v) is 10.7. The molecule has 0 aromatic carbocycles. The Bertz CT molecular complexity index is 512. The second-order valence-electron chi connectivity index (χ2n) is 4.74. The quantitative estimate of drug-likeness (QED) is 0.847. The second kappa shape index (κ2) is 5.57. The molecule has 2 atom stereocenters. The maximum absolute atomic E-state index is 11.1. The minimum Gasteiger partial charge on any atom is -0.465 e. The summed E-state index contributed by atoms with van der Waals surface area (Å²) in [6.45, 7) is 2.36. The summed E-state index contributed by atoms with van der Waals surface area (Å²) in [6, 6.07) is 5.45. The molecule has 0 spiro atoms. The van der Waals surface area contributed by atoms with Crippen LogP contribution in [0.1, 0.15) is 25.3 Å². The van der Waals surface area contributed by atoms with E-state index in [4.69, 9.17) is 10.4 Å². The number of anilines is 1. The monoisotopic (exact) mass is 260 g/mol. The molecule has 1 fully saturated rings. The number of piperidine rings is 1. The molecule has 19 heavy (non-hydrogen) atoms. The van der Waals surface area contributed by atoms with Crippen LogP contribution in [0.3, 0.4) is 0 Å². The summed E-state index contributed by atoms with van der Waals surface area (Å²) in [6.07, 6.45) is 2.39. The summed E-state index contributed by atoms with van der Waals surface area (Å²) in [5, 5.41) is 21.1. The molecule has 2 N–H and O–H groups in total. The van der Waals surface area contributed by atoms with Crippen molar-refractivity contribution in [3.05, 3.63) is 23.9 Å². The van der Waals surface area contributed by atoms with Crippen LogP contribution in [0.15, 0.2) is 18.3 Å². The summed E-state index contributed by atoms with van der Waals surface area (Å²) in [7, 11) is 0. The van der Waals surface area contributed by atoms with E-state index in [0.29, 0.717) is 17.9 Å². The first-order valence-electron chi connectivity index (χ1n) is 6.22. The molecule has 1 aromatic rings. The van der Waals surface area contributed by atoms with Crippen molar-refractivity contribution in [2.75, 3.05) is 11.9 Å². The van der Waals surface area contributed by atoms with Crippen LogP contribution in [0.2, 0.25) is 0 Å². The Morgan fingerprint density at radius 3 is 3.11 bits per heavy atom. The van der Waals surface area contributed by atoms with E-state index in [9.17, 15) is 4.79 Å². The van der Waals surface area contributed by atoms with Crippen molar-refractivity contribution in [1.29, 1.82) is 5.26 Å². The molecule has 6 nitrogen and oxygen atoms in total. The van der Waals surface area contributed by atoms with Crippen LogP contribution in [0.4, 0.5) is 10.6 Å². The first-order chi connectivity index (χ1) is 9.10. The van der Waals surface area contributed by atoms with Crippen molar-refractivity contribution >= 4 is 11.9 Å². The number of carbonyl (C=O) groups is 1. The molecular formula is C13H16N4O2. The van der Waals surface area contributed by atoms with Crippen LogP contribution < -0.4 is 5.32 Å². The van der Waals surface area contributed by atoms with E-state index in [1.165, 1.54) is 4.90 Å². The molecule has 1 amide bonds. The molecule has 0 bridgehead atoms. The number of nitrogens with zero attached hydrogens (tertiary/aromatic N) is 3. The highest BCUT2D eigenvalue weighted by molar-refractivity contribution is 5.65. The predicted molar refractivity (Wildman–Crippen MR) is 69.8 cm³/mol. The van der Waals surface area contributed by atoms with Gasteiger partial charge in [-0.3, -0.25) is 0 Å². The average molecular weight is 260 g/mol. The van der Waals surface area contributed by atoms with Gasteiger partial charge in [0.2, 0.25) is 0 Å². The Balaban J connectivity index is 2.03. The summed E-state index contributed by atoms with van der Waals surface area (Å²) in [5.41, 5.74) is 0.539. The van der Waals surface area contributed by atoms with Crippen molar-refractivity contribution in [2.45, 2.75) is 31.8 Å². The van der Waals surface area contributed by atoms with Crippen molar-refractivity contribution in [3.8, 4) is 6.07 Å². The van der Waals surface area contributed by atoms with Crippen LogP contribution in [0, 0.1) is 11.3 Å². The van der Waals surface area contributed by atoms with Crippen LogP contribution in [0.5, 0.6) is 0 Å². The second-order valence-corrected chi connectivity index (χ2v) is 4.74. The number of nitriles is 1. The first kappa shape index (κ1) is 13.1. The lowest BCUT2D eigenvalue weighted by Gasteiger charge is -2.36. The van der Waals surface area contributed by atoms with E-state index in [0.717, 1.165) is 12.8 Å². The molecular weight excluding hydrogens is 244 g/mol. The fourth-order valence-corrected chi connectivity index (χ4v) is 2.28. The molecule has 1 aliphatic rings. The van der Waals surface area contributed by atoms with Crippen molar-refractivity contribution in [1.82, 2.24) is 9.88 Å².